The third-order valence-corrected chi connectivity index (χ3v) is 5.45. The summed E-state index contributed by atoms with van der Waals surface area (Å²) in [7, 11) is -3.93. The summed E-state index contributed by atoms with van der Waals surface area (Å²) >= 11 is 5.83. The van der Waals surface area contributed by atoms with Crippen LogP contribution in [0, 0.1) is 11.3 Å². The Kier molecular flexibility index (Phi) is 5.64. The highest BCUT2D eigenvalue weighted by Crippen LogP contribution is 2.22. The van der Waals surface area contributed by atoms with Crippen LogP contribution < -0.4 is 10.0 Å². The van der Waals surface area contributed by atoms with Gasteiger partial charge in [0, 0.05) is 10.7 Å². The van der Waals surface area contributed by atoms with Crippen LogP contribution in [0.15, 0.2) is 77.7 Å². The predicted octanol–water partition coefficient (Wildman–Crippen LogP) is 4.26. The van der Waals surface area contributed by atoms with Crippen LogP contribution in [-0.2, 0) is 10.0 Å². The Morgan fingerprint density at radius 3 is 2.21 bits per heavy atom. The maximum absolute atomic E-state index is 12.6. The summed E-state index contributed by atoms with van der Waals surface area (Å²) in [6, 6.07) is 20.2. The van der Waals surface area contributed by atoms with E-state index in [9.17, 15) is 13.2 Å². The van der Waals surface area contributed by atoms with Gasteiger partial charge in [-0.25, -0.2) is 8.42 Å². The molecule has 8 heteroatoms. The molecule has 0 aromatic heterocycles. The number of benzene rings is 3. The molecule has 0 spiro atoms. The molecular formula is C20H14ClN3O3S. The Morgan fingerprint density at radius 2 is 1.57 bits per heavy atom. The zero-order valence-electron chi connectivity index (χ0n) is 14.4. The average molecular weight is 412 g/mol. The molecule has 0 heterocycles. The van der Waals surface area contributed by atoms with Crippen molar-refractivity contribution in [3.8, 4) is 6.07 Å². The van der Waals surface area contributed by atoms with Crippen LogP contribution in [0.4, 0.5) is 11.4 Å². The van der Waals surface area contributed by atoms with Gasteiger partial charge in [-0.2, -0.15) is 5.26 Å². The zero-order chi connectivity index (χ0) is 20.1. The quantitative estimate of drug-likeness (QED) is 0.655. The number of halogens is 1. The number of nitriles is 1. The Bertz CT molecular complexity index is 1150. The fraction of sp³-hybridized carbons (Fsp3) is 0. The van der Waals surface area contributed by atoms with Crippen molar-refractivity contribution >= 4 is 38.9 Å². The highest BCUT2D eigenvalue weighted by atomic mass is 35.5. The van der Waals surface area contributed by atoms with Crippen molar-refractivity contribution in [1.82, 2.24) is 0 Å². The number of hydrogen-bond donors (Lipinski definition) is 2. The molecule has 0 radical (unpaired) electrons. The number of rotatable bonds is 5. The number of amides is 1. The van der Waals surface area contributed by atoms with Crippen molar-refractivity contribution < 1.29 is 13.2 Å². The summed E-state index contributed by atoms with van der Waals surface area (Å²) in [4.78, 5) is 12.6. The average Bonchev–Trinajstić information content (AvgIpc) is 2.70. The summed E-state index contributed by atoms with van der Waals surface area (Å²) in [5.41, 5.74) is 1.17. The van der Waals surface area contributed by atoms with Gasteiger partial charge in [0.1, 0.15) is 0 Å². The van der Waals surface area contributed by atoms with Gasteiger partial charge >= 0.3 is 0 Å². The second kappa shape index (κ2) is 8.13. The van der Waals surface area contributed by atoms with E-state index in [4.69, 9.17) is 16.9 Å². The molecule has 140 valence electrons. The topological polar surface area (TPSA) is 99.1 Å². The van der Waals surface area contributed by atoms with Crippen LogP contribution in [0.2, 0.25) is 5.02 Å². The van der Waals surface area contributed by atoms with E-state index in [1.807, 2.05) is 6.07 Å². The molecule has 0 aliphatic carbocycles. The molecule has 0 aliphatic rings. The van der Waals surface area contributed by atoms with E-state index in [1.165, 1.54) is 36.4 Å². The lowest BCUT2D eigenvalue weighted by molar-refractivity contribution is 0.102. The summed E-state index contributed by atoms with van der Waals surface area (Å²) in [5, 5.41) is 12.1. The van der Waals surface area contributed by atoms with Gasteiger partial charge in [0.2, 0.25) is 0 Å². The van der Waals surface area contributed by atoms with Crippen LogP contribution in [-0.4, -0.2) is 14.3 Å². The standard InChI is InChI=1S/C20H14ClN3O3S/c21-15-7-9-16(10-8-15)23-20(25)18-3-1-2-4-19(18)24-28(26,27)17-11-5-14(13-22)6-12-17/h1-12,24H,(H,23,25). The molecule has 28 heavy (non-hydrogen) atoms. The van der Waals surface area contributed by atoms with E-state index in [-0.39, 0.29) is 16.1 Å². The summed E-state index contributed by atoms with van der Waals surface area (Å²) < 4.78 is 27.7. The largest absolute Gasteiger partial charge is 0.322 e. The van der Waals surface area contributed by atoms with E-state index in [1.54, 1.807) is 36.4 Å². The van der Waals surface area contributed by atoms with Gasteiger partial charge < -0.3 is 5.32 Å². The lowest BCUT2D eigenvalue weighted by Gasteiger charge is -2.13. The Labute approximate surface area is 167 Å². The molecule has 3 rings (SSSR count). The van der Waals surface area contributed by atoms with Crippen LogP contribution in [0.3, 0.4) is 0 Å². The van der Waals surface area contributed by atoms with Gasteiger partial charge in [-0.3, -0.25) is 9.52 Å². The van der Waals surface area contributed by atoms with E-state index in [0.29, 0.717) is 16.3 Å². The maximum Gasteiger partial charge on any atom is 0.261 e. The first-order valence-electron chi connectivity index (χ1n) is 8.08. The van der Waals surface area contributed by atoms with E-state index < -0.39 is 15.9 Å². The van der Waals surface area contributed by atoms with Crippen LogP contribution in [0.25, 0.3) is 0 Å². The first-order chi connectivity index (χ1) is 13.4. The summed E-state index contributed by atoms with van der Waals surface area (Å²) in [6.45, 7) is 0. The lowest BCUT2D eigenvalue weighted by atomic mass is 10.1. The zero-order valence-corrected chi connectivity index (χ0v) is 16.0. The van der Waals surface area contributed by atoms with Gasteiger partial charge in [-0.1, -0.05) is 23.7 Å². The molecule has 6 nitrogen and oxygen atoms in total. The van der Waals surface area contributed by atoms with Gasteiger partial charge in [0.05, 0.1) is 27.8 Å². The molecule has 0 saturated heterocycles. The number of carbonyl (C=O) groups excluding carboxylic acids is 1. The van der Waals surface area contributed by atoms with Crippen LogP contribution >= 0.6 is 11.6 Å². The Hall–Kier alpha value is -3.34. The molecule has 0 bridgehead atoms. The number of para-hydroxylation sites is 1. The first kappa shape index (κ1) is 19.4. The maximum atomic E-state index is 12.6. The Morgan fingerprint density at radius 1 is 0.929 bits per heavy atom. The second-order valence-corrected chi connectivity index (χ2v) is 7.87. The molecule has 0 unspecified atom stereocenters. The fourth-order valence-electron chi connectivity index (χ4n) is 2.41. The smallest absolute Gasteiger partial charge is 0.261 e. The van der Waals surface area contributed by atoms with E-state index in [2.05, 4.69) is 10.0 Å². The number of anilines is 2. The van der Waals surface area contributed by atoms with Crippen molar-refractivity contribution in [3.63, 3.8) is 0 Å². The van der Waals surface area contributed by atoms with E-state index >= 15 is 0 Å². The van der Waals surface area contributed by atoms with E-state index in [0.717, 1.165) is 0 Å². The SMILES string of the molecule is N#Cc1ccc(S(=O)(=O)Nc2ccccc2C(=O)Nc2ccc(Cl)cc2)cc1. The van der Waals surface area contributed by atoms with Crippen molar-refractivity contribution in [1.29, 1.82) is 5.26 Å². The second-order valence-electron chi connectivity index (χ2n) is 5.75. The van der Waals surface area contributed by atoms with Crippen LogP contribution in [0.5, 0.6) is 0 Å². The highest BCUT2D eigenvalue weighted by Gasteiger charge is 2.18. The molecule has 0 fully saturated rings. The molecule has 0 saturated carbocycles. The molecule has 3 aromatic rings. The van der Waals surface area contributed by atoms with Gasteiger partial charge in [-0.05, 0) is 60.7 Å². The minimum atomic E-state index is -3.93. The normalized spacial score (nSPS) is 10.7. The van der Waals surface area contributed by atoms with Crippen molar-refractivity contribution in [2.24, 2.45) is 0 Å². The number of hydrogen-bond acceptors (Lipinski definition) is 4. The third kappa shape index (κ3) is 4.49. The monoisotopic (exact) mass is 411 g/mol. The molecule has 0 aliphatic heterocycles. The third-order valence-electron chi connectivity index (χ3n) is 3.81. The van der Waals surface area contributed by atoms with Crippen molar-refractivity contribution in [2.45, 2.75) is 4.90 Å². The van der Waals surface area contributed by atoms with Gasteiger partial charge in [0.15, 0.2) is 0 Å². The lowest BCUT2D eigenvalue weighted by Crippen LogP contribution is -2.18. The minimum absolute atomic E-state index is 0.0144. The summed E-state index contributed by atoms with van der Waals surface area (Å²) in [5.74, 6) is -0.472. The minimum Gasteiger partial charge on any atom is -0.322 e. The highest BCUT2D eigenvalue weighted by molar-refractivity contribution is 7.92. The van der Waals surface area contributed by atoms with Crippen molar-refractivity contribution in [3.05, 3.63) is 88.9 Å². The van der Waals surface area contributed by atoms with Gasteiger partial charge in [-0.15, -0.1) is 0 Å². The molecule has 0 atom stereocenters. The number of sulfonamides is 1. The number of nitrogens with zero attached hydrogens (tertiary/aromatic N) is 1. The molecular weight excluding hydrogens is 398 g/mol. The molecule has 1 amide bonds. The van der Waals surface area contributed by atoms with Crippen molar-refractivity contribution in [2.75, 3.05) is 10.0 Å². The molecule has 3 aromatic carbocycles. The fourth-order valence-corrected chi connectivity index (χ4v) is 3.62. The number of nitrogens with one attached hydrogen (secondary N) is 2. The number of carbonyl (C=O) groups is 1. The Balaban J connectivity index is 1.86. The molecule has 2 N–H and O–H groups in total. The first-order valence-corrected chi connectivity index (χ1v) is 9.94. The van der Waals surface area contributed by atoms with Gasteiger partial charge in [0.25, 0.3) is 15.9 Å². The summed E-state index contributed by atoms with van der Waals surface area (Å²) in [6.07, 6.45) is 0. The predicted molar refractivity (Wildman–Crippen MR) is 108 cm³/mol. The van der Waals surface area contributed by atoms with Crippen LogP contribution in [0.1, 0.15) is 15.9 Å².